The Balaban J connectivity index is 2.35. The summed E-state index contributed by atoms with van der Waals surface area (Å²) >= 11 is 1.53. The molecule has 0 fully saturated rings. The summed E-state index contributed by atoms with van der Waals surface area (Å²) in [5.41, 5.74) is 1.69. The minimum atomic E-state index is -0.296. The lowest BCUT2D eigenvalue weighted by molar-refractivity contribution is -0.114. The van der Waals surface area contributed by atoms with Gasteiger partial charge in [-0.2, -0.15) is 0 Å². The number of thiophene rings is 1. The third-order valence-electron chi connectivity index (χ3n) is 3.35. The van der Waals surface area contributed by atoms with Crippen LogP contribution in [0.5, 0.6) is 0 Å². The molecule has 1 N–H and O–H groups in total. The largest absolute Gasteiger partial charge is 0.462 e. The number of amides is 1. The standard InChI is InChI=1S/C15H21NO3S/c1-3-9-19-15(18)13-11-7-5-4-6-8-12(11)20-14(13)16-10(2)17/h3-9H2,1-2H3,(H,16,17). The van der Waals surface area contributed by atoms with Crippen LogP contribution < -0.4 is 5.32 Å². The molecule has 1 aliphatic carbocycles. The molecule has 0 bridgehead atoms. The van der Waals surface area contributed by atoms with Crippen LogP contribution in [0.4, 0.5) is 5.00 Å². The van der Waals surface area contributed by atoms with Crippen molar-refractivity contribution in [3.8, 4) is 0 Å². The molecule has 0 atom stereocenters. The molecule has 5 heteroatoms. The second-order valence-electron chi connectivity index (χ2n) is 5.09. The van der Waals surface area contributed by atoms with Crippen molar-refractivity contribution in [3.63, 3.8) is 0 Å². The zero-order valence-corrected chi connectivity index (χ0v) is 12.9. The monoisotopic (exact) mass is 295 g/mol. The van der Waals surface area contributed by atoms with Crippen molar-refractivity contribution in [3.05, 3.63) is 16.0 Å². The third-order valence-corrected chi connectivity index (χ3v) is 4.56. The number of hydrogen-bond acceptors (Lipinski definition) is 4. The fourth-order valence-corrected chi connectivity index (χ4v) is 3.80. The van der Waals surface area contributed by atoms with Crippen molar-refractivity contribution in [2.75, 3.05) is 11.9 Å². The van der Waals surface area contributed by atoms with Gasteiger partial charge < -0.3 is 10.1 Å². The van der Waals surface area contributed by atoms with E-state index in [1.807, 2.05) is 6.92 Å². The molecule has 0 spiro atoms. The van der Waals surface area contributed by atoms with Crippen LogP contribution in [0.25, 0.3) is 0 Å². The van der Waals surface area contributed by atoms with Gasteiger partial charge in [-0.25, -0.2) is 4.79 Å². The lowest BCUT2D eigenvalue weighted by Crippen LogP contribution is -2.13. The normalized spacial score (nSPS) is 14.3. The summed E-state index contributed by atoms with van der Waals surface area (Å²) < 4.78 is 5.28. The molecule has 0 saturated heterocycles. The number of aryl methyl sites for hydroxylation is 1. The zero-order chi connectivity index (χ0) is 14.5. The van der Waals surface area contributed by atoms with Crippen LogP contribution in [0.15, 0.2) is 0 Å². The van der Waals surface area contributed by atoms with Crippen molar-refractivity contribution in [2.24, 2.45) is 0 Å². The van der Waals surface area contributed by atoms with E-state index in [1.165, 1.54) is 29.6 Å². The molecule has 2 rings (SSSR count). The molecule has 1 aromatic rings. The zero-order valence-electron chi connectivity index (χ0n) is 12.1. The molecule has 110 valence electrons. The second-order valence-corrected chi connectivity index (χ2v) is 6.19. The highest BCUT2D eigenvalue weighted by atomic mass is 32.1. The van der Waals surface area contributed by atoms with Crippen LogP contribution in [0.3, 0.4) is 0 Å². The first-order valence-electron chi connectivity index (χ1n) is 7.22. The number of ether oxygens (including phenoxy) is 1. The molecule has 1 heterocycles. The number of anilines is 1. The summed E-state index contributed by atoms with van der Waals surface area (Å²) in [6.07, 6.45) is 6.14. The van der Waals surface area contributed by atoms with Crippen LogP contribution in [0, 0.1) is 0 Å². The lowest BCUT2D eigenvalue weighted by atomic mass is 10.1. The van der Waals surface area contributed by atoms with E-state index in [9.17, 15) is 9.59 Å². The minimum Gasteiger partial charge on any atom is -0.462 e. The van der Waals surface area contributed by atoms with Crippen LogP contribution in [0.1, 0.15) is 60.3 Å². The summed E-state index contributed by atoms with van der Waals surface area (Å²) in [6.45, 7) is 3.85. The van der Waals surface area contributed by atoms with Gasteiger partial charge in [0.05, 0.1) is 12.2 Å². The van der Waals surface area contributed by atoms with Crippen molar-refractivity contribution < 1.29 is 14.3 Å². The third kappa shape index (κ3) is 3.39. The summed E-state index contributed by atoms with van der Waals surface area (Å²) in [7, 11) is 0. The maximum Gasteiger partial charge on any atom is 0.341 e. The average Bonchev–Trinajstić information content (AvgIpc) is 2.58. The first-order chi connectivity index (χ1) is 9.63. The molecule has 1 aliphatic rings. The van der Waals surface area contributed by atoms with Crippen LogP contribution >= 0.6 is 11.3 Å². The van der Waals surface area contributed by atoms with Crippen LogP contribution in [-0.2, 0) is 22.4 Å². The minimum absolute atomic E-state index is 0.147. The number of fused-ring (bicyclic) bond motifs is 1. The average molecular weight is 295 g/mol. The highest BCUT2D eigenvalue weighted by molar-refractivity contribution is 7.17. The van der Waals surface area contributed by atoms with Gasteiger partial charge in [0.25, 0.3) is 0 Å². The molecule has 20 heavy (non-hydrogen) atoms. The summed E-state index contributed by atoms with van der Waals surface area (Å²) in [5.74, 6) is -0.444. The topological polar surface area (TPSA) is 55.4 Å². The Morgan fingerprint density at radius 1 is 1.25 bits per heavy atom. The predicted molar refractivity (Wildman–Crippen MR) is 80.5 cm³/mol. The van der Waals surface area contributed by atoms with Gasteiger partial charge in [0.15, 0.2) is 0 Å². The van der Waals surface area contributed by atoms with Crippen LogP contribution in [-0.4, -0.2) is 18.5 Å². The highest BCUT2D eigenvalue weighted by Crippen LogP contribution is 2.37. The molecule has 0 aliphatic heterocycles. The number of carbonyl (C=O) groups is 2. The number of hydrogen-bond donors (Lipinski definition) is 1. The van der Waals surface area contributed by atoms with Crippen LogP contribution in [0.2, 0.25) is 0 Å². The Morgan fingerprint density at radius 3 is 2.70 bits per heavy atom. The number of rotatable bonds is 4. The van der Waals surface area contributed by atoms with Gasteiger partial charge in [0, 0.05) is 11.8 Å². The van der Waals surface area contributed by atoms with E-state index in [4.69, 9.17) is 4.74 Å². The molecule has 0 aromatic carbocycles. The van der Waals surface area contributed by atoms with Crippen molar-refractivity contribution in [1.82, 2.24) is 0 Å². The van der Waals surface area contributed by atoms with Crippen molar-refractivity contribution in [1.29, 1.82) is 0 Å². The first kappa shape index (κ1) is 15.0. The Labute approximate surface area is 123 Å². The van der Waals surface area contributed by atoms with E-state index < -0.39 is 0 Å². The Morgan fingerprint density at radius 2 is 2.00 bits per heavy atom. The number of nitrogens with one attached hydrogen (secondary N) is 1. The van der Waals surface area contributed by atoms with Crippen molar-refractivity contribution >= 4 is 28.2 Å². The van der Waals surface area contributed by atoms with E-state index in [0.29, 0.717) is 17.2 Å². The molecule has 1 aromatic heterocycles. The molecule has 0 saturated carbocycles. The molecule has 0 unspecified atom stereocenters. The predicted octanol–water partition coefficient (Wildman–Crippen LogP) is 3.54. The maximum absolute atomic E-state index is 12.3. The fourth-order valence-electron chi connectivity index (χ4n) is 2.47. The molecular weight excluding hydrogens is 274 g/mol. The Kier molecular flexibility index (Phi) is 5.17. The van der Waals surface area contributed by atoms with Gasteiger partial charge in [-0.3, -0.25) is 4.79 Å². The van der Waals surface area contributed by atoms with Crippen molar-refractivity contribution in [2.45, 2.75) is 52.4 Å². The van der Waals surface area contributed by atoms with Gasteiger partial charge in [-0.05, 0) is 37.7 Å². The molecule has 1 amide bonds. The maximum atomic E-state index is 12.3. The highest BCUT2D eigenvalue weighted by Gasteiger charge is 2.26. The lowest BCUT2D eigenvalue weighted by Gasteiger charge is -2.08. The van der Waals surface area contributed by atoms with Gasteiger partial charge in [-0.15, -0.1) is 11.3 Å². The first-order valence-corrected chi connectivity index (χ1v) is 8.04. The van der Waals surface area contributed by atoms with E-state index in [0.717, 1.165) is 37.7 Å². The Hall–Kier alpha value is -1.36. The van der Waals surface area contributed by atoms with Gasteiger partial charge in [0.2, 0.25) is 5.91 Å². The smallest absolute Gasteiger partial charge is 0.341 e. The summed E-state index contributed by atoms with van der Waals surface area (Å²) in [5, 5.41) is 3.44. The summed E-state index contributed by atoms with van der Waals surface area (Å²) in [6, 6.07) is 0. The molecule has 4 nitrogen and oxygen atoms in total. The SMILES string of the molecule is CCCOC(=O)c1c(NC(C)=O)sc2c1CCCCC2. The Bertz CT molecular complexity index is 507. The summed E-state index contributed by atoms with van der Waals surface area (Å²) in [4.78, 5) is 24.8. The van der Waals surface area contributed by atoms with E-state index in [-0.39, 0.29) is 11.9 Å². The number of carbonyl (C=O) groups excluding carboxylic acids is 2. The van der Waals surface area contributed by atoms with Gasteiger partial charge in [-0.1, -0.05) is 13.3 Å². The van der Waals surface area contributed by atoms with E-state index >= 15 is 0 Å². The van der Waals surface area contributed by atoms with Gasteiger partial charge in [0.1, 0.15) is 5.00 Å². The van der Waals surface area contributed by atoms with E-state index in [2.05, 4.69) is 5.32 Å². The van der Waals surface area contributed by atoms with Gasteiger partial charge >= 0.3 is 5.97 Å². The second kappa shape index (κ2) is 6.88. The quantitative estimate of drug-likeness (QED) is 0.683. The molecular formula is C15H21NO3S. The molecule has 0 radical (unpaired) electrons. The van der Waals surface area contributed by atoms with E-state index in [1.54, 1.807) is 0 Å². The number of esters is 1. The fraction of sp³-hybridized carbons (Fsp3) is 0.600.